The molecule has 2 unspecified atom stereocenters. The summed E-state index contributed by atoms with van der Waals surface area (Å²) in [6, 6.07) is 9.96. The third-order valence-corrected chi connectivity index (χ3v) is 3.05. The lowest BCUT2D eigenvalue weighted by Gasteiger charge is -2.19. The van der Waals surface area contributed by atoms with Gasteiger partial charge in [-0.05, 0) is 31.9 Å². The van der Waals surface area contributed by atoms with E-state index in [2.05, 4.69) is 5.32 Å². The Morgan fingerprint density at radius 3 is 2.63 bits per heavy atom. The van der Waals surface area contributed by atoms with Crippen LogP contribution in [0.5, 0.6) is 0 Å². The summed E-state index contributed by atoms with van der Waals surface area (Å²) in [5, 5.41) is 12.5. The Morgan fingerprint density at radius 2 is 2.05 bits per heavy atom. The number of rotatable bonds is 8. The van der Waals surface area contributed by atoms with E-state index >= 15 is 0 Å². The van der Waals surface area contributed by atoms with Gasteiger partial charge in [0.25, 0.3) is 0 Å². The van der Waals surface area contributed by atoms with Gasteiger partial charge < -0.3 is 16.2 Å². The minimum absolute atomic E-state index is 0.0250. The van der Waals surface area contributed by atoms with Crippen molar-refractivity contribution in [1.29, 1.82) is 0 Å². The van der Waals surface area contributed by atoms with Gasteiger partial charge in [0.1, 0.15) is 0 Å². The zero-order valence-electron chi connectivity index (χ0n) is 11.5. The van der Waals surface area contributed by atoms with Gasteiger partial charge in [-0.1, -0.05) is 30.3 Å². The van der Waals surface area contributed by atoms with Gasteiger partial charge in [-0.2, -0.15) is 0 Å². The molecule has 4 N–H and O–H groups in total. The molecule has 1 aromatic carbocycles. The standard InChI is InChI=1S/C15H24N2O2/c1-12(18)10-14(13-6-3-2-4-7-13)11-17-15(19)8-5-9-16/h2-4,6-7,12,14,18H,5,8-11,16H2,1H3,(H,17,19). The quantitative estimate of drug-likeness (QED) is 0.664. The minimum atomic E-state index is -0.383. The number of hydrogen-bond acceptors (Lipinski definition) is 3. The van der Waals surface area contributed by atoms with Crippen LogP contribution in [0.1, 0.15) is 37.7 Å². The highest BCUT2D eigenvalue weighted by Crippen LogP contribution is 2.20. The van der Waals surface area contributed by atoms with Crippen LogP contribution in [0, 0.1) is 0 Å². The van der Waals surface area contributed by atoms with E-state index in [1.807, 2.05) is 30.3 Å². The molecule has 0 saturated heterocycles. The van der Waals surface area contributed by atoms with Crippen molar-refractivity contribution in [3.8, 4) is 0 Å². The Hall–Kier alpha value is -1.39. The fourth-order valence-electron chi connectivity index (χ4n) is 2.06. The van der Waals surface area contributed by atoms with Crippen LogP contribution in [0.3, 0.4) is 0 Å². The fourth-order valence-corrected chi connectivity index (χ4v) is 2.06. The lowest BCUT2D eigenvalue weighted by Crippen LogP contribution is -2.29. The van der Waals surface area contributed by atoms with E-state index in [1.165, 1.54) is 0 Å². The van der Waals surface area contributed by atoms with Crippen LogP contribution in [0.2, 0.25) is 0 Å². The number of hydrogen-bond donors (Lipinski definition) is 3. The molecule has 4 heteroatoms. The molecule has 1 rings (SSSR count). The van der Waals surface area contributed by atoms with Crippen LogP contribution in [0.25, 0.3) is 0 Å². The van der Waals surface area contributed by atoms with Crippen LogP contribution >= 0.6 is 0 Å². The molecular formula is C15H24N2O2. The highest BCUT2D eigenvalue weighted by atomic mass is 16.3. The molecule has 0 heterocycles. The summed E-state index contributed by atoms with van der Waals surface area (Å²) in [7, 11) is 0. The molecule has 0 saturated carbocycles. The van der Waals surface area contributed by atoms with Crippen LogP contribution in [0.4, 0.5) is 0 Å². The van der Waals surface area contributed by atoms with Crippen LogP contribution in [0.15, 0.2) is 30.3 Å². The highest BCUT2D eigenvalue weighted by Gasteiger charge is 2.15. The average Bonchev–Trinajstić information content (AvgIpc) is 2.41. The lowest BCUT2D eigenvalue weighted by atomic mass is 9.93. The molecule has 4 nitrogen and oxygen atoms in total. The first-order valence-electron chi connectivity index (χ1n) is 6.83. The second-order valence-electron chi connectivity index (χ2n) is 4.89. The third-order valence-electron chi connectivity index (χ3n) is 3.05. The van der Waals surface area contributed by atoms with E-state index in [1.54, 1.807) is 6.92 Å². The van der Waals surface area contributed by atoms with Crippen molar-refractivity contribution in [2.75, 3.05) is 13.1 Å². The summed E-state index contributed by atoms with van der Waals surface area (Å²) < 4.78 is 0. The zero-order chi connectivity index (χ0) is 14.1. The normalized spacial score (nSPS) is 13.8. The molecule has 0 bridgehead atoms. The van der Waals surface area contributed by atoms with E-state index < -0.39 is 0 Å². The van der Waals surface area contributed by atoms with Gasteiger partial charge in [0.2, 0.25) is 5.91 Å². The maximum Gasteiger partial charge on any atom is 0.220 e. The Bertz CT molecular complexity index is 366. The van der Waals surface area contributed by atoms with E-state index in [4.69, 9.17) is 5.73 Å². The Balaban J connectivity index is 2.53. The molecule has 2 atom stereocenters. The molecule has 0 aliphatic heterocycles. The maximum absolute atomic E-state index is 11.6. The van der Waals surface area contributed by atoms with Crippen molar-refractivity contribution < 1.29 is 9.90 Å². The number of aliphatic hydroxyl groups excluding tert-OH is 1. The van der Waals surface area contributed by atoms with E-state index in [-0.39, 0.29) is 17.9 Å². The second-order valence-corrected chi connectivity index (χ2v) is 4.89. The molecule has 0 aliphatic carbocycles. The maximum atomic E-state index is 11.6. The molecular weight excluding hydrogens is 240 g/mol. The Labute approximate surface area is 115 Å². The van der Waals surface area contributed by atoms with Crippen LogP contribution in [-0.4, -0.2) is 30.2 Å². The Kier molecular flexibility index (Phi) is 7.15. The van der Waals surface area contributed by atoms with Crippen molar-refractivity contribution in [3.63, 3.8) is 0 Å². The molecule has 0 radical (unpaired) electrons. The largest absolute Gasteiger partial charge is 0.393 e. The Morgan fingerprint density at radius 1 is 1.37 bits per heavy atom. The van der Waals surface area contributed by atoms with Crippen LogP contribution < -0.4 is 11.1 Å². The first-order valence-corrected chi connectivity index (χ1v) is 6.83. The van der Waals surface area contributed by atoms with Crippen molar-refractivity contribution in [2.45, 2.75) is 38.2 Å². The predicted molar refractivity (Wildman–Crippen MR) is 76.8 cm³/mol. The van der Waals surface area contributed by atoms with Gasteiger partial charge in [-0.25, -0.2) is 0 Å². The summed E-state index contributed by atoms with van der Waals surface area (Å²) in [5.41, 5.74) is 6.52. The number of aliphatic hydroxyl groups is 1. The van der Waals surface area contributed by atoms with Crippen molar-refractivity contribution >= 4 is 5.91 Å². The summed E-state index contributed by atoms with van der Waals surface area (Å²) >= 11 is 0. The minimum Gasteiger partial charge on any atom is -0.393 e. The molecule has 0 spiro atoms. The third kappa shape index (κ3) is 6.36. The fraction of sp³-hybridized carbons (Fsp3) is 0.533. The molecule has 19 heavy (non-hydrogen) atoms. The molecule has 1 aromatic rings. The lowest BCUT2D eigenvalue weighted by molar-refractivity contribution is -0.121. The molecule has 0 fully saturated rings. The SMILES string of the molecule is CC(O)CC(CNC(=O)CCCN)c1ccccc1. The predicted octanol–water partition coefficient (Wildman–Crippen LogP) is 1.40. The number of carbonyl (C=O) groups excluding carboxylic acids is 1. The molecule has 1 amide bonds. The number of benzene rings is 1. The van der Waals surface area contributed by atoms with Crippen LogP contribution in [-0.2, 0) is 4.79 Å². The summed E-state index contributed by atoms with van der Waals surface area (Å²) in [6.07, 6.45) is 1.43. The van der Waals surface area contributed by atoms with Gasteiger partial charge in [-0.3, -0.25) is 4.79 Å². The topological polar surface area (TPSA) is 75.3 Å². The average molecular weight is 264 g/mol. The number of carbonyl (C=O) groups is 1. The number of nitrogens with one attached hydrogen (secondary N) is 1. The zero-order valence-corrected chi connectivity index (χ0v) is 11.5. The van der Waals surface area contributed by atoms with E-state index in [9.17, 15) is 9.90 Å². The smallest absolute Gasteiger partial charge is 0.220 e. The van der Waals surface area contributed by atoms with Crippen molar-refractivity contribution in [3.05, 3.63) is 35.9 Å². The molecule has 0 aromatic heterocycles. The molecule has 0 aliphatic rings. The molecule has 106 valence electrons. The van der Waals surface area contributed by atoms with Crippen molar-refractivity contribution in [2.24, 2.45) is 5.73 Å². The second kappa shape index (κ2) is 8.67. The summed E-state index contributed by atoms with van der Waals surface area (Å²) in [6.45, 7) is 2.85. The number of amides is 1. The first-order chi connectivity index (χ1) is 9.13. The monoisotopic (exact) mass is 264 g/mol. The van der Waals surface area contributed by atoms with Crippen molar-refractivity contribution in [1.82, 2.24) is 5.32 Å². The van der Waals surface area contributed by atoms with E-state index in [0.717, 1.165) is 5.56 Å². The van der Waals surface area contributed by atoms with Gasteiger partial charge in [0.05, 0.1) is 6.10 Å². The van der Waals surface area contributed by atoms with Gasteiger partial charge >= 0.3 is 0 Å². The van der Waals surface area contributed by atoms with E-state index in [0.29, 0.717) is 32.4 Å². The van der Waals surface area contributed by atoms with Gasteiger partial charge in [-0.15, -0.1) is 0 Å². The summed E-state index contributed by atoms with van der Waals surface area (Å²) in [4.78, 5) is 11.6. The van der Waals surface area contributed by atoms with Gasteiger partial charge in [0.15, 0.2) is 0 Å². The first kappa shape index (κ1) is 15.7. The highest BCUT2D eigenvalue weighted by molar-refractivity contribution is 5.75. The van der Waals surface area contributed by atoms with Gasteiger partial charge in [0, 0.05) is 18.9 Å². The number of nitrogens with two attached hydrogens (primary N) is 1. The summed E-state index contributed by atoms with van der Waals surface area (Å²) in [5.74, 6) is 0.167.